The Balaban J connectivity index is 1.69. The van der Waals surface area contributed by atoms with Crippen molar-refractivity contribution in [2.45, 2.75) is 43.5 Å². The highest BCUT2D eigenvalue weighted by Crippen LogP contribution is 2.44. The Kier molecular flexibility index (Phi) is 6.08. The first-order chi connectivity index (χ1) is 14.9. The minimum absolute atomic E-state index is 0.0554. The first-order valence-corrected chi connectivity index (χ1v) is 12.2. The van der Waals surface area contributed by atoms with Gasteiger partial charge in [0.05, 0.1) is 24.7 Å². The van der Waals surface area contributed by atoms with E-state index in [-0.39, 0.29) is 28.6 Å². The van der Waals surface area contributed by atoms with Crippen molar-refractivity contribution in [2.75, 3.05) is 20.8 Å². The van der Waals surface area contributed by atoms with E-state index in [1.165, 1.54) is 7.11 Å². The molecular formula is C24H29NO5S. The second-order valence-corrected chi connectivity index (χ2v) is 10.3. The Morgan fingerprint density at radius 1 is 1.00 bits per heavy atom. The van der Waals surface area contributed by atoms with E-state index in [9.17, 15) is 13.2 Å². The number of Topliss-reactive ketones (excluding diaryl/α,β-unsaturated/α-hetero) is 1. The molecule has 2 aromatic rings. The number of ether oxygens (including phenoxy) is 2. The van der Waals surface area contributed by atoms with Crippen LogP contribution in [0.2, 0.25) is 0 Å². The molecule has 4 rings (SSSR count). The van der Waals surface area contributed by atoms with Crippen molar-refractivity contribution in [2.24, 2.45) is 11.8 Å². The van der Waals surface area contributed by atoms with Crippen LogP contribution in [-0.4, -0.2) is 45.3 Å². The molecule has 1 heterocycles. The molecule has 1 aliphatic heterocycles. The molecule has 2 aliphatic rings. The van der Waals surface area contributed by atoms with Crippen LogP contribution >= 0.6 is 0 Å². The van der Waals surface area contributed by atoms with Crippen LogP contribution in [0, 0.1) is 18.8 Å². The molecule has 166 valence electrons. The van der Waals surface area contributed by atoms with Crippen molar-refractivity contribution in [3.63, 3.8) is 0 Å². The molecule has 3 atom stereocenters. The third kappa shape index (κ3) is 3.96. The zero-order chi connectivity index (χ0) is 22.2. The highest BCUT2D eigenvalue weighted by Gasteiger charge is 2.49. The van der Waals surface area contributed by atoms with Gasteiger partial charge in [-0.25, -0.2) is 8.42 Å². The van der Waals surface area contributed by atoms with Gasteiger partial charge in [0.25, 0.3) is 0 Å². The fourth-order valence-corrected chi connectivity index (χ4v) is 6.81. The summed E-state index contributed by atoms with van der Waals surface area (Å²) >= 11 is 0. The highest BCUT2D eigenvalue weighted by molar-refractivity contribution is 7.89. The predicted octanol–water partition coefficient (Wildman–Crippen LogP) is 4.07. The normalized spacial score (nSPS) is 23.9. The molecule has 0 bridgehead atoms. The Bertz CT molecular complexity index is 1060. The number of carbonyl (C=O) groups excluding carboxylic acids is 1. The van der Waals surface area contributed by atoms with Gasteiger partial charge in [-0.15, -0.1) is 0 Å². The number of carbonyl (C=O) groups is 1. The largest absolute Gasteiger partial charge is 0.497 e. The first-order valence-electron chi connectivity index (χ1n) is 10.7. The van der Waals surface area contributed by atoms with Crippen molar-refractivity contribution in [1.82, 2.24) is 4.31 Å². The molecule has 6 nitrogen and oxygen atoms in total. The summed E-state index contributed by atoms with van der Waals surface area (Å²) in [6.45, 7) is 2.38. The van der Waals surface area contributed by atoms with Crippen molar-refractivity contribution in [3.8, 4) is 11.5 Å². The average Bonchev–Trinajstić information content (AvgIpc) is 3.23. The minimum atomic E-state index is -3.67. The molecule has 31 heavy (non-hydrogen) atoms. The minimum Gasteiger partial charge on any atom is -0.497 e. The molecular weight excluding hydrogens is 414 g/mol. The molecule has 2 aromatic carbocycles. The van der Waals surface area contributed by atoms with Gasteiger partial charge in [0, 0.05) is 24.6 Å². The lowest BCUT2D eigenvalue weighted by Crippen LogP contribution is -2.47. The Labute approximate surface area is 184 Å². The van der Waals surface area contributed by atoms with Gasteiger partial charge in [-0.05, 0) is 56.4 Å². The number of hydrogen-bond acceptors (Lipinski definition) is 5. The summed E-state index contributed by atoms with van der Waals surface area (Å²) < 4.78 is 39.3. The molecule has 0 amide bonds. The van der Waals surface area contributed by atoms with E-state index >= 15 is 0 Å². The van der Waals surface area contributed by atoms with E-state index in [1.54, 1.807) is 41.7 Å². The van der Waals surface area contributed by atoms with E-state index < -0.39 is 10.0 Å². The molecule has 0 N–H and O–H groups in total. The first kappa shape index (κ1) is 21.8. The molecule has 0 unspecified atom stereocenters. The van der Waals surface area contributed by atoms with Crippen LogP contribution in [-0.2, 0) is 10.0 Å². The van der Waals surface area contributed by atoms with Crippen molar-refractivity contribution < 1.29 is 22.7 Å². The number of nitrogens with zero attached hydrogens (tertiary/aromatic N) is 1. The van der Waals surface area contributed by atoms with Crippen LogP contribution in [0.1, 0.15) is 41.6 Å². The quantitative estimate of drug-likeness (QED) is 0.629. The molecule has 0 spiro atoms. The van der Waals surface area contributed by atoms with E-state index in [4.69, 9.17) is 9.47 Å². The zero-order valence-electron chi connectivity index (χ0n) is 18.2. The monoisotopic (exact) mass is 443 g/mol. The maximum Gasteiger partial charge on any atom is 0.243 e. The molecule has 1 saturated carbocycles. The molecule has 0 radical (unpaired) electrons. The van der Waals surface area contributed by atoms with Gasteiger partial charge < -0.3 is 9.47 Å². The van der Waals surface area contributed by atoms with Crippen LogP contribution in [0.3, 0.4) is 0 Å². The Morgan fingerprint density at radius 3 is 2.42 bits per heavy atom. The molecule has 0 aromatic heterocycles. The van der Waals surface area contributed by atoms with Gasteiger partial charge in [-0.3, -0.25) is 4.79 Å². The van der Waals surface area contributed by atoms with Crippen molar-refractivity contribution in [3.05, 3.63) is 53.6 Å². The lowest BCUT2D eigenvalue weighted by atomic mass is 9.74. The van der Waals surface area contributed by atoms with Crippen LogP contribution < -0.4 is 9.47 Å². The number of sulfonamides is 1. The van der Waals surface area contributed by atoms with Crippen LogP contribution in [0.15, 0.2) is 47.4 Å². The summed E-state index contributed by atoms with van der Waals surface area (Å²) in [5.74, 6) is 0.827. The highest BCUT2D eigenvalue weighted by atomic mass is 32.2. The van der Waals surface area contributed by atoms with E-state index in [1.807, 2.05) is 19.1 Å². The van der Waals surface area contributed by atoms with Crippen LogP contribution in [0.4, 0.5) is 0 Å². The summed E-state index contributed by atoms with van der Waals surface area (Å²) in [4.78, 5) is 13.9. The molecule has 2 fully saturated rings. The van der Waals surface area contributed by atoms with E-state index in [0.29, 0.717) is 30.0 Å². The maximum absolute atomic E-state index is 13.6. The van der Waals surface area contributed by atoms with Gasteiger partial charge in [0.1, 0.15) is 11.5 Å². The smallest absolute Gasteiger partial charge is 0.243 e. The van der Waals surface area contributed by atoms with Gasteiger partial charge in [0.15, 0.2) is 5.78 Å². The van der Waals surface area contributed by atoms with Crippen LogP contribution in [0.25, 0.3) is 0 Å². The molecule has 1 aliphatic carbocycles. The Morgan fingerprint density at radius 2 is 1.74 bits per heavy atom. The third-order valence-electron chi connectivity index (χ3n) is 6.68. The number of hydrogen-bond donors (Lipinski definition) is 0. The van der Waals surface area contributed by atoms with E-state index in [2.05, 4.69) is 0 Å². The summed E-state index contributed by atoms with van der Waals surface area (Å²) in [6.07, 6.45) is 3.34. The lowest BCUT2D eigenvalue weighted by molar-refractivity contribution is 0.0784. The van der Waals surface area contributed by atoms with Crippen molar-refractivity contribution >= 4 is 15.8 Å². The summed E-state index contributed by atoms with van der Waals surface area (Å²) in [7, 11) is -0.580. The fraction of sp³-hybridized carbons (Fsp3) is 0.458. The third-order valence-corrected chi connectivity index (χ3v) is 8.59. The topological polar surface area (TPSA) is 72.9 Å². The maximum atomic E-state index is 13.6. The SMILES string of the molecule is COc1ccc(C(=O)[C@@H]2CCC[C@H]3CCN(S(=O)(=O)c4ccc(C)cc4)[C@H]32)c(OC)c1. The number of ketones is 1. The fourth-order valence-electron chi connectivity index (χ4n) is 5.08. The van der Waals surface area contributed by atoms with Gasteiger partial charge >= 0.3 is 0 Å². The van der Waals surface area contributed by atoms with Crippen LogP contribution in [0.5, 0.6) is 11.5 Å². The molecule has 1 saturated heterocycles. The Hall–Kier alpha value is -2.38. The summed E-state index contributed by atoms with van der Waals surface area (Å²) in [5.41, 5.74) is 1.49. The van der Waals surface area contributed by atoms with Gasteiger partial charge in [-0.1, -0.05) is 24.1 Å². The number of aryl methyl sites for hydroxylation is 1. The lowest BCUT2D eigenvalue weighted by Gasteiger charge is -2.37. The number of methoxy groups -OCH3 is 2. The number of fused-ring (bicyclic) bond motifs is 1. The summed E-state index contributed by atoms with van der Waals surface area (Å²) in [5, 5.41) is 0. The van der Waals surface area contributed by atoms with Gasteiger partial charge in [0.2, 0.25) is 10.0 Å². The van der Waals surface area contributed by atoms with Crippen molar-refractivity contribution in [1.29, 1.82) is 0 Å². The summed E-state index contributed by atoms with van der Waals surface area (Å²) in [6, 6.07) is 11.8. The second-order valence-electron chi connectivity index (χ2n) is 8.44. The number of rotatable bonds is 6. The average molecular weight is 444 g/mol. The second kappa shape index (κ2) is 8.63. The van der Waals surface area contributed by atoms with Gasteiger partial charge in [-0.2, -0.15) is 4.31 Å². The predicted molar refractivity (Wildman–Crippen MR) is 118 cm³/mol. The van der Waals surface area contributed by atoms with E-state index in [0.717, 1.165) is 24.8 Å². The zero-order valence-corrected chi connectivity index (χ0v) is 19.0. The number of benzene rings is 2. The standard InChI is InChI=1S/C24H29NO5S/c1-16-7-10-19(11-8-16)31(27,28)25-14-13-17-5-4-6-21(23(17)25)24(26)20-12-9-18(29-2)15-22(20)30-3/h7-12,15,17,21,23H,4-6,13-14H2,1-3H3/t17-,21+,23+/m0/s1. The molecule has 7 heteroatoms.